The largest absolute Gasteiger partial charge is 0.480 e. The molecule has 32 heavy (non-hydrogen) atoms. The number of nitrogens with zero attached hydrogens (tertiary/aromatic N) is 3. The second-order valence-electron chi connectivity index (χ2n) is 6.83. The van der Waals surface area contributed by atoms with Gasteiger partial charge in [-0.2, -0.15) is 9.78 Å². The molecule has 0 aliphatic rings. The molecule has 0 radical (unpaired) electrons. The average molecular weight is 630 g/mol. The minimum Gasteiger partial charge on any atom is -0.480 e. The van der Waals surface area contributed by atoms with Crippen molar-refractivity contribution < 1.29 is 14.3 Å². The fraction of sp³-hybridized carbons (Fsp3) is 0.273. The molecule has 0 bridgehead atoms. The summed E-state index contributed by atoms with van der Waals surface area (Å²) >= 11 is 10.3. The van der Waals surface area contributed by atoms with Crippen molar-refractivity contribution in [3.63, 3.8) is 0 Å². The normalized spacial score (nSPS) is 11.3. The Bertz CT molecular complexity index is 1220. The number of halogens is 3. The van der Waals surface area contributed by atoms with Gasteiger partial charge >= 0.3 is 5.97 Å². The molecule has 0 saturated carbocycles. The van der Waals surface area contributed by atoms with Gasteiger partial charge in [-0.25, -0.2) is 9.78 Å². The maximum atomic E-state index is 13.2. The SMILES string of the molecule is CCCCc1nc2ccc(Br)cc2c(=O)n1N=Cc1cc(Br)c(OCC(=O)OC)c(Br)c1. The number of hydrogen-bond acceptors (Lipinski definition) is 6. The predicted molar refractivity (Wildman–Crippen MR) is 135 cm³/mol. The summed E-state index contributed by atoms with van der Waals surface area (Å²) in [6.07, 6.45) is 4.10. The van der Waals surface area contributed by atoms with Gasteiger partial charge in [0.25, 0.3) is 5.56 Å². The highest BCUT2D eigenvalue weighted by atomic mass is 79.9. The number of carbonyl (C=O) groups excluding carboxylic acids is 1. The van der Waals surface area contributed by atoms with Gasteiger partial charge in [-0.05, 0) is 74.2 Å². The van der Waals surface area contributed by atoms with E-state index < -0.39 is 5.97 Å². The summed E-state index contributed by atoms with van der Waals surface area (Å²) < 4.78 is 13.5. The quantitative estimate of drug-likeness (QED) is 0.244. The van der Waals surface area contributed by atoms with Crippen LogP contribution in [0, 0.1) is 0 Å². The standard InChI is InChI=1S/C22H20Br3N3O4/c1-3-4-5-19-27-18-7-6-14(23)10-15(18)22(30)28(19)26-11-13-8-16(24)21(17(25)9-13)32-12-20(29)31-2/h6-11H,3-5,12H2,1-2H3. The molecule has 0 unspecified atom stereocenters. The van der Waals surface area contributed by atoms with E-state index in [9.17, 15) is 9.59 Å². The number of ether oxygens (including phenoxy) is 2. The number of unbranched alkanes of at least 4 members (excludes halogenated alkanes) is 1. The van der Waals surface area contributed by atoms with Crippen LogP contribution >= 0.6 is 47.8 Å². The van der Waals surface area contributed by atoms with Crippen LogP contribution in [0.1, 0.15) is 31.2 Å². The molecule has 168 valence electrons. The van der Waals surface area contributed by atoms with Crippen molar-refractivity contribution in [2.75, 3.05) is 13.7 Å². The van der Waals surface area contributed by atoms with Gasteiger partial charge in [-0.1, -0.05) is 29.3 Å². The van der Waals surface area contributed by atoms with Crippen molar-refractivity contribution in [3.8, 4) is 5.75 Å². The number of methoxy groups -OCH3 is 1. The van der Waals surface area contributed by atoms with Crippen LogP contribution < -0.4 is 10.3 Å². The molecular formula is C22H20Br3N3O4. The van der Waals surface area contributed by atoms with E-state index in [1.54, 1.807) is 24.4 Å². The summed E-state index contributed by atoms with van der Waals surface area (Å²) in [5, 5.41) is 4.94. The first-order valence-corrected chi connectivity index (χ1v) is 12.2. The number of aryl methyl sites for hydroxylation is 1. The highest BCUT2D eigenvalue weighted by Gasteiger charge is 2.13. The molecule has 7 nitrogen and oxygen atoms in total. The van der Waals surface area contributed by atoms with Gasteiger partial charge in [-0.3, -0.25) is 4.79 Å². The molecule has 0 amide bonds. The van der Waals surface area contributed by atoms with E-state index in [1.807, 2.05) is 12.1 Å². The van der Waals surface area contributed by atoms with E-state index in [4.69, 9.17) is 4.74 Å². The molecule has 3 aromatic rings. The molecule has 0 aliphatic heterocycles. The fourth-order valence-electron chi connectivity index (χ4n) is 2.92. The number of carbonyl (C=O) groups is 1. The highest BCUT2D eigenvalue weighted by molar-refractivity contribution is 9.11. The zero-order valence-corrected chi connectivity index (χ0v) is 22.2. The van der Waals surface area contributed by atoms with Crippen molar-refractivity contribution in [1.82, 2.24) is 9.66 Å². The van der Waals surface area contributed by atoms with Crippen molar-refractivity contribution in [2.45, 2.75) is 26.2 Å². The molecule has 0 spiro atoms. The molecule has 1 aromatic heterocycles. The summed E-state index contributed by atoms with van der Waals surface area (Å²) in [6.45, 7) is 1.87. The van der Waals surface area contributed by atoms with Crippen LogP contribution in [0.5, 0.6) is 5.75 Å². The lowest BCUT2D eigenvalue weighted by Crippen LogP contribution is -2.22. The van der Waals surface area contributed by atoms with E-state index in [2.05, 4.69) is 69.5 Å². The van der Waals surface area contributed by atoms with Gasteiger partial charge in [0.05, 0.1) is 33.2 Å². The Labute approximate surface area is 210 Å². The summed E-state index contributed by atoms with van der Waals surface area (Å²) in [5.74, 6) is 0.591. The minimum atomic E-state index is -0.483. The summed E-state index contributed by atoms with van der Waals surface area (Å²) in [4.78, 5) is 29.2. The van der Waals surface area contributed by atoms with Crippen molar-refractivity contribution in [1.29, 1.82) is 0 Å². The van der Waals surface area contributed by atoms with Crippen LogP contribution in [0.15, 0.2) is 53.6 Å². The lowest BCUT2D eigenvalue weighted by atomic mass is 10.2. The molecule has 0 N–H and O–H groups in total. The maximum absolute atomic E-state index is 13.2. The van der Waals surface area contributed by atoms with E-state index in [-0.39, 0.29) is 12.2 Å². The lowest BCUT2D eigenvalue weighted by Gasteiger charge is -2.11. The molecule has 0 aliphatic carbocycles. The minimum absolute atomic E-state index is 0.213. The molecular weight excluding hydrogens is 610 g/mol. The number of fused-ring (bicyclic) bond motifs is 1. The Kier molecular flexibility index (Phi) is 8.61. The van der Waals surface area contributed by atoms with Gasteiger partial charge in [0, 0.05) is 10.9 Å². The summed E-state index contributed by atoms with van der Waals surface area (Å²) in [7, 11) is 1.30. The van der Waals surface area contributed by atoms with Gasteiger partial charge < -0.3 is 9.47 Å². The predicted octanol–water partition coefficient (Wildman–Crippen LogP) is 5.46. The number of benzene rings is 2. The molecule has 0 saturated heterocycles. The van der Waals surface area contributed by atoms with Crippen LogP contribution in [0.4, 0.5) is 0 Å². The lowest BCUT2D eigenvalue weighted by molar-refractivity contribution is -0.142. The third-order valence-corrected chi connectivity index (χ3v) is 6.21. The third kappa shape index (κ3) is 5.85. The first kappa shape index (κ1) is 24.6. The fourth-order valence-corrected chi connectivity index (χ4v) is 4.73. The molecule has 0 fully saturated rings. The monoisotopic (exact) mass is 627 g/mol. The van der Waals surface area contributed by atoms with Crippen molar-refractivity contribution >= 4 is 70.9 Å². The van der Waals surface area contributed by atoms with Gasteiger partial charge in [0.2, 0.25) is 0 Å². The smallest absolute Gasteiger partial charge is 0.343 e. The van der Waals surface area contributed by atoms with Crippen LogP contribution in [-0.2, 0) is 16.0 Å². The zero-order chi connectivity index (χ0) is 23.3. The number of aromatic nitrogens is 2. The second-order valence-corrected chi connectivity index (χ2v) is 9.46. The van der Waals surface area contributed by atoms with E-state index in [0.29, 0.717) is 37.8 Å². The number of esters is 1. The molecule has 0 atom stereocenters. The van der Waals surface area contributed by atoms with Crippen molar-refractivity contribution in [2.24, 2.45) is 5.10 Å². The first-order valence-electron chi connectivity index (χ1n) is 9.78. The third-order valence-electron chi connectivity index (χ3n) is 4.53. The Morgan fingerprint density at radius 2 is 1.91 bits per heavy atom. The number of rotatable bonds is 8. The van der Waals surface area contributed by atoms with Crippen LogP contribution in [0.25, 0.3) is 10.9 Å². The average Bonchev–Trinajstić information content (AvgIpc) is 2.76. The Morgan fingerprint density at radius 3 is 2.56 bits per heavy atom. The van der Waals surface area contributed by atoms with Crippen LogP contribution in [0.3, 0.4) is 0 Å². The Balaban J connectivity index is 1.99. The summed E-state index contributed by atoms with van der Waals surface area (Å²) in [5.41, 5.74) is 1.14. The van der Waals surface area contributed by atoms with Gasteiger partial charge in [0.15, 0.2) is 6.61 Å². The second kappa shape index (κ2) is 11.2. The maximum Gasteiger partial charge on any atom is 0.343 e. The molecule has 1 heterocycles. The molecule has 2 aromatic carbocycles. The van der Waals surface area contributed by atoms with Crippen molar-refractivity contribution in [3.05, 3.63) is 65.5 Å². The molecule has 3 rings (SSSR count). The zero-order valence-electron chi connectivity index (χ0n) is 17.4. The summed E-state index contributed by atoms with van der Waals surface area (Å²) in [6, 6.07) is 9.00. The Morgan fingerprint density at radius 1 is 1.19 bits per heavy atom. The van der Waals surface area contributed by atoms with Crippen LogP contribution in [0.2, 0.25) is 0 Å². The first-order chi connectivity index (χ1) is 15.3. The topological polar surface area (TPSA) is 82.8 Å². The Hall–Kier alpha value is -2.04. The highest BCUT2D eigenvalue weighted by Crippen LogP contribution is 2.34. The van der Waals surface area contributed by atoms with E-state index in [0.717, 1.165) is 22.9 Å². The number of hydrogen-bond donors (Lipinski definition) is 0. The van der Waals surface area contributed by atoms with Crippen LogP contribution in [-0.4, -0.2) is 35.6 Å². The van der Waals surface area contributed by atoms with E-state index >= 15 is 0 Å². The molecule has 10 heteroatoms. The van der Waals surface area contributed by atoms with Gasteiger partial charge in [-0.15, -0.1) is 0 Å². The van der Waals surface area contributed by atoms with Gasteiger partial charge in [0.1, 0.15) is 11.6 Å². The van der Waals surface area contributed by atoms with E-state index in [1.165, 1.54) is 11.8 Å².